The summed E-state index contributed by atoms with van der Waals surface area (Å²) in [6.45, 7) is 0.162. The molecule has 0 saturated heterocycles. The van der Waals surface area contributed by atoms with Crippen LogP contribution in [0, 0.1) is 0 Å². The van der Waals surface area contributed by atoms with Crippen molar-refractivity contribution in [1.82, 2.24) is 15.5 Å². The number of anilines is 1. The molecule has 0 aromatic heterocycles. The van der Waals surface area contributed by atoms with E-state index in [9.17, 15) is 28.8 Å². The van der Waals surface area contributed by atoms with Crippen molar-refractivity contribution in [2.24, 2.45) is 0 Å². The van der Waals surface area contributed by atoms with E-state index in [-0.39, 0.29) is 57.5 Å². The van der Waals surface area contributed by atoms with Gasteiger partial charge in [-0.2, -0.15) is 0 Å². The van der Waals surface area contributed by atoms with E-state index in [1.165, 1.54) is 19.1 Å². The fourth-order valence-corrected chi connectivity index (χ4v) is 4.72. The Balaban J connectivity index is 1.50. The predicted molar refractivity (Wildman–Crippen MR) is 150 cm³/mol. The second-order valence-corrected chi connectivity index (χ2v) is 9.83. The quantitative estimate of drug-likeness (QED) is 0.257. The molecular formula is C29H36N4O8. The smallest absolute Gasteiger partial charge is 0.328 e. The molecule has 2 N–H and O–H groups in total. The monoisotopic (exact) mass is 568 g/mol. The summed E-state index contributed by atoms with van der Waals surface area (Å²) in [6, 6.07) is 8.00. The number of amides is 4. The van der Waals surface area contributed by atoms with Crippen LogP contribution in [0.2, 0.25) is 0 Å². The molecule has 220 valence electrons. The number of methoxy groups -OCH3 is 2. The first-order chi connectivity index (χ1) is 19.6. The normalized spacial score (nSPS) is 13.0. The summed E-state index contributed by atoms with van der Waals surface area (Å²) in [4.78, 5) is 77.3. The third kappa shape index (κ3) is 7.59. The van der Waals surface area contributed by atoms with Gasteiger partial charge in [-0.3, -0.25) is 28.9 Å². The summed E-state index contributed by atoms with van der Waals surface area (Å²) >= 11 is 0. The average molecular weight is 569 g/mol. The second-order valence-electron chi connectivity index (χ2n) is 9.83. The zero-order valence-electron chi connectivity index (χ0n) is 23.8. The molecule has 12 nitrogen and oxygen atoms in total. The van der Waals surface area contributed by atoms with Gasteiger partial charge in [-0.25, -0.2) is 4.79 Å². The van der Waals surface area contributed by atoms with Crippen molar-refractivity contribution in [2.45, 2.75) is 44.6 Å². The van der Waals surface area contributed by atoms with Crippen LogP contribution in [0.15, 0.2) is 30.3 Å². The van der Waals surface area contributed by atoms with E-state index in [0.717, 1.165) is 11.1 Å². The van der Waals surface area contributed by atoms with E-state index in [0.29, 0.717) is 16.5 Å². The highest BCUT2D eigenvalue weighted by atomic mass is 16.5. The second kappa shape index (κ2) is 14.2. The Bertz CT molecular complexity index is 1320. The first-order valence-corrected chi connectivity index (χ1v) is 13.4. The number of imide groups is 1. The van der Waals surface area contributed by atoms with Crippen LogP contribution in [0.4, 0.5) is 5.69 Å². The number of carbonyl (C=O) groups is 6. The molecule has 4 amide bonds. The number of benzene rings is 2. The third-order valence-electron chi connectivity index (χ3n) is 6.82. The van der Waals surface area contributed by atoms with Gasteiger partial charge in [-0.05, 0) is 37.5 Å². The lowest BCUT2D eigenvalue weighted by Crippen LogP contribution is -2.43. The highest BCUT2D eigenvalue weighted by molar-refractivity contribution is 6.26. The lowest BCUT2D eigenvalue weighted by atomic mass is 9.92. The molecule has 0 saturated carbocycles. The summed E-state index contributed by atoms with van der Waals surface area (Å²) in [7, 11) is 6.25. The van der Waals surface area contributed by atoms with E-state index in [2.05, 4.69) is 15.4 Å². The molecule has 0 spiro atoms. The van der Waals surface area contributed by atoms with Crippen LogP contribution in [0.3, 0.4) is 0 Å². The van der Waals surface area contributed by atoms with Gasteiger partial charge in [0.25, 0.3) is 11.8 Å². The number of ether oxygens (including phenoxy) is 2. The molecule has 3 rings (SSSR count). The molecule has 0 bridgehead atoms. The molecule has 0 unspecified atom stereocenters. The minimum atomic E-state index is -0.967. The van der Waals surface area contributed by atoms with Crippen LogP contribution >= 0.6 is 0 Å². The summed E-state index contributed by atoms with van der Waals surface area (Å²) in [5, 5.41) is 6.71. The molecular weight excluding hydrogens is 532 g/mol. The van der Waals surface area contributed by atoms with Gasteiger partial charge in [0.15, 0.2) is 0 Å². The molecule has 1 atom stereocenters. The number of nitrogens with one attached hydrogen (secondary N) is 2. The minimum absolute atomic E-state index is 0.0265. The molecule has 0 radical (unpaired) electrons. The van der Waals surface area contributed by atoms with Gasteiger partial charge < -0.3 is 25.0 Å². The first-order valence-electron chi connectivity index (χ1n) is 13.4. The lowest BCUT2D eigenvalue weighted by Gasteiger charge is -2.28. The van der Waals surface area contributed by atoms with Crippen LogP contribution in [0.1, 0.15) is 59.2 Å². The molecule has 2 aromatic rings. The molecule has 12 heteroatoms. The van der Waals surface area contributed by atoms with Gasteiger partial charge in [0, 0.05) is 74.0 Å². The van der Waals surface area contributed by atoms with Crippen LogP contribution in [-0.4, -0.2) is 87.9 Å². The minimum Gasteiger partial charge on any atom is -0.469 e. The molecule has 41 heavy (non-hydrogen) atoms. The van der Waals surface area contributed by atoms with Gasteiger partial charge in [0.1, 0.15) is 6.04 Å². The van der Waals surface area contributed by atoms with Gasteiger partial charge in [0.2, 0.25) is 11.8 Å². The van der Waals surface area contributed by atoms with Crippen LogP contribution in [-0.2, 0) is 28.7 Å². The van der Waals surface area contributed by atoms with Crippen molar-refractivity contribution in [2.75, 3.05) is 46.3 Å². The van der Waals surface area contributed by atoms with Gasteiger partial charge in [-0.15, -0.1) is 0 Å². The standard InChI is InChI=1S/C29H36N4O8/c1-32(2)22-14-13-20-26-18(22)8-5-9-19(26)27(37)33(28(20)38)17-7-11-23(34)30-16-15-21(29(39)41-4)31-24(35)10-6-12-25(36)40-3/h5,8-9,13-14,21H,6-7,10-12,15-17H2,1-4H3,(H,30,34)(H,31,35)/t21-/m1/s1. The van der Waals surface area contributed by atoms with Crippen molar-refractivity contribution in [1.29, 1.82) is 0 Å². The SMILES string of the molecule is COC(=O)CCCC(=O)N[C@H](CCNC(=O)CCCN1C(=O)c2cccc3c(N(C)C)ccc(c23)C1=O)C(=O)OC. The Morgan fingerprint density at radius 3 is 2.22 bits per heavy atom. The Kier molecular flexibility index (Phi) is 10.8. The van der Waals surface area contributed by atoms with Crippen LogP contribution < -0.4 is 15.5 Å². The topological polar surface area (TPSA) is 151 Å². The number of hydrogen-bond acceptors (Lipinski definition) is 9. The Morgan fingerprint density at radius 1 is 0.878 bits per heavy atom. The lowest BCUT2D eigenvalue weighted by molar-refractivity contribution is -0.145. The fraction of sp³-hybridized carbons (Fsp3) is 0.448. The maximum absolute atomic E-state index is 13.2. The van der Waals surface area contributed by atoms with E-state index in [1.807, 2.05) is 31.1 Å². The zero-order chi connectivity index (χ0) is 30.1. The van der Waals surface area contributed by atoms with E-state index >= 15 is 0 Å². The van der Waals surface area contributed by atoms with Gasteiger partial charge in [-0.1, -0.05) is 12.1 Å². The summed E-state index contributed by atoms with van der Waals surface area (Å²) < 4.78 is 9.27. The van der Waals surface area contributed by atoms with E-state index in [4.69, 9.17) is 4.74 Å². The molecule has 1 aliphatic heterocycles. The van der Waals surface area contributed by atoms with Crippen molar-refractivity contribution in [3.63, 3.8) is 0 Å². The third-order valence-corrected chi connectivity index (χ3v) is 6.82. The number of carbonyl (C=O) groups excluding carboxylic acids is 6. The number of esters is 2. The maximum atomic E-state index is 13.2. The van der Waals surface area contributed by atoms with Gasteiger partial charge >= 0.3 is 11.9 Å². The molecule has 1 aliphatic rings. The van der Waals surface area contributed by atoms with Crippen LogP contribution in [0.25, 0.3) is 10.8 Å². The highest BCUT2D eigenvalue weighted by Gasteiger charge is 2.33. The molecule has 1 heterocycles. The summed E-state index contributed by atoms with van der Waals surface area (Å²) in [5.41, 5.74) is 1.81. The predicted octanol–water partition coefficient (Wildman–Crippen LogP) is 1.79. The summed E-state index contributed by atoms with van der Waals surface area (Å²) in [5.74, 6) is -2.63. The van der Waals surface area contributed by atoms with Crippen molar-refractivity contribution >= 4 is 52.0 Å². The molecule has 0 aliphatic carbocycles. The number of rotatable bonds is 14. The van der Waals surface area contributed by atoms with E-state index < -0.39 is 35.7 Å². The average Bonchev–Trinajstić information content (AvgIpc) is 2.95. The Hall–Kier alpha value is -4.48. The zero-order valence-corrected chi connectivity index (χ0v) is 23.8. The summed E-state index contributed by atoms with van der Waals surface area (Å²) in [6.07, 6.45) is 0.775. The van der Waals surface area contributed by atoms with Crippen LogP contribution in [0.5, 0.6) is 0 Å². The van der Waals surface area contributed by atoms with Crippen molar-refractivity contribution in [3.8, 4) is 0 Å². The van der Waals surface area contributed by atoms with Crippen molar-refractivity contribution < 1.29 is 38.2 Å². The Morgan fingerprint density at radius 2 is 1.56 bits per heavy atom. The van der Waals surface area contributed by atoms with E-state index in [1.54, 1.807) is 18.2 Å². The fourth-order valence-electron chi connectivity index (χ4n) is 4.72. The molecule has 2 aromatic carbocycles. The number of hydrogen-bond donors (Lipinski definition) is 2. The largest absolute Gasteiger partial charge is 0.469 e. The van der Waals surface area contributed by atoms with Crippen molar-refractivity contribution in [3.05, 3.63) is 41.5 Å². The number of nitrogens with zero attached hydrogens (tertiary/aromatic N) is 2. The van der Waals surface area contributed by atoms with Gasteiger partial charge in [0.05, 0.1) is 14.2 Å². The Labute approximate surface area is 238 Å². The highest BCUT2D eigenvalue weighted by Crippen LogP contribution is 2.35. The maximum Gasteiger partial charge on any atom is 0.328 e. The first kappa shape index (κ1) is 31.1. The molecule has 0 fully saturated rings.